The minimum absolute atomic E-state index is 0.263. The van der Waals surface area contributed by atoms with Gasteiger partial charge >= 0.3 is 12.0 Å². The van der Waals surface area contributed by atoms with Gasteiger partial charge in [0.05, 0.1) is 17.9 Å². The second kappa shape index (κ2) is 5.29. The third kappa shape index (κ3) is 3.04. The Morgan fingerprint density at radius 3 is 2.58 bits per heavy atom. The maximum atomic E-state index is 11.9. The van der Waals surface area contributed by atoms with E-state index in [4.69, 9.17) is 10.8 Å². The molecule has 3 unspecified atom stereocenters. The Morgan fingerprint density at radius 1 is 1.32 bits per heavy atom. The predicted octanol–water partition coefficient (Wildman–Crippen LogP) is -0.467. The normalized spacial score (nSPS) is 29.5. The van der Waals surface area contributed by atoms with Gasteiger partial charge in [-0.3, -0.25) is 9.59 Å². The van der Waals surface area contributed by atoms with Crippen LogP contribution >= 0.6 is 0 Å². The summed E-state index contributed by atoms with van der Waals surface area (Å²) < 4.78 is 0. The molecular formula is C12H17N3O4. The minimum atomic E-state index is -0.886. The maximum absolute atomic E-state index is 11.9. The molecule has 19 heavy (non-hydrogen) atoms. The number of nitrogens with one attached hydrogen (secondary N) is 1. The van der Waals surface area contributed by atoms with Crippen molar-refractivity contribution in [1.82, 2.24) is 10.2 Å². The van der Waals surface area contributed by atoms with Crippen molar-refractivity contribution in [3.8, 4) is 0 Å². The lowest BCUT2D eigenvalue weighted by molar-refractivity contribution is -0.140. The number of nitrogens with zero attached hydrogens (tertiary/aromatic N) is 1. The van der Waals surface area contributed by atoms with E-state index in [1.165, 1.54) is 4.90 Å². The molecule has 0 aromatic rings. The summed E-state index contributed by atoms with van der Waals surface area (Å²) in [5.41, 5.74) is 5.20. The van der Waals surface area contributed by atoms with Crippen LogP contribution in [0, 0.1) is 11.8 Å². The fourth-order valence-corrected chi connectivity index (χ4v) is 2.42. The quantitative estimate of drug-likeness (QED) is 0.600. The van der Waals surface area contributed by atoms with Crippen molar-refractivity contribution < 1.29 is 19.5 Å². The first-order valence-corrected chi connectivity index (χ1v) is 6.23. The smallest absolute Gasteiger partial charge is 0.317 e. The molecule has 2 aliphatic rings. The average Bonchev–Trinajstić information content (AvgIpc) is 2.96. The molecule has 0 saturated carbocycles. The molecule has 1 saturated heterocycles. The monoisotopic (exact) mass is 267 g/mol. The molecule has 0 aromatic heterocycles. The van der Waals surface area contributed by atoms with Gasteiger partial charge in [-0.2, -0.15) is 0 Å². The molecule has 3 amide bonds. The van der Waals surface area contributed by atoms with Crippen molar-refractivity contribution in [3.05, 3.63) is 12.2 Å². The molecule has 7 heteroatoms. The number of amides is 3. The number of likely N-dealkylation sites (tertiary alicyclic amines) is 1. The van der Waals surface area contributed by atoms with Crippen LogP contribution < -0.4 is 11.1 Å². The highest BCUT2D eigenvalue weighted by molar-refractivity contribution is 5.80. The third-order valence-electron chi connectivity index (χ3n) is 3.59. The summed E-state index contributed by atoms with van der Waals surface area (Å²) in [4.78, 5) is 35.3. The van der Waals surface area contributed by atoms with Gasteiger partial charge in [0.2, 0.25) is 5.91 Å². The molecule has 0 bridgehead atoms. The van der Waals surface area contributed by atoms with Gasteiger partial charge in [-0.25, -0.2) is 4.79 Å². The van der Waals surface area contributed by atoms with Crippen molar-refractivity contribution in [2.45, 2.75) is 18.9 Å². The molecule has 0 radical (unpaired) electrons. The van der Waals surface area contributed by atoms with Crippen LogP contribution in [-0.2, 0) is 9.59 Å². The third-order valence-corrected chi connectivity index (χ3v) is 3.59. The van der Waals surface area contributed by atoms with Gasteiger partial charge in [-0.1, -0.05) is 12.2 Å². The lowest BCUT2D eigenvalue weighted by Gasteiger charge is -2.20. The standard InChI is InChI=1S/C12H17N3O4/c13-10(16)8-3-4-15(6-8)12(19)14-9-2-1-7(5-9)11(17)18/h1-2,7-9H,3-6H2,(H2,13,16)(H,14,19)(H,17,18). The Kier molecular flexibility index (Phi) is 3.73. The van der Waals surface area contributed by atoms with Crippen molar-refractivity contribution in [3.63, 3.8) is 0 Å². The number of aliphatic carboxylic acids is 1. The van der Waals surface area contributed by atoms with Gasteiger partial charge in [0.1, 0.15) is 0 Å². The summed E-state index contributed by atoms with van der Waals surface area (Å²) in [6.07, 6.45) is 4.23. The number of primary amides is 1. The molecule has 0 spiro atoms. The van der Waals surface area contributed by atoms with Crippen LogP contribution in [0.1, 0.15) is 12.8 Å². The van der Waals surface area contributed by atoms with Gasteiger partial charge in [0.25, 0.3) is 0 Å². The van der Waals surface area contributed by atoms with Crippen LogP contribution in [0.2, 0.25) is 0 Å². The number of urea groups is 1. The van der Waals surface area contributed by atoms with Crippen LogP contribution in [0.3, 0.4) is 0 Å². The number of hydrogen-bond donors (Lipinski definition) is 3. The summed E-state index contributed by atoms with van der Waals surface area (Å²) in [5, 5.41) is 11.6. The molecule has 1 fully saturated rings. The van der Waals surface area contributed by atoms with E-state index in [0.29, 0.717) is 25.9 Å². The predicted molar refractivity (Wildman–Crippen MR) is 66.1 cm³/mol. The summed E-state index contributed by atoms with van der Waals surface area (Å²) in [6, 6.07) is -0.536. The Bertz CT molecular complexity index is 435. The molecule has 2 rings (SSSR count). The summed E-state index contributed by atoms with van der Waals surface area (Å²) >= 11 is 0. The van der Waals surface area contributed by atoms with E-state index >= 15 is 0 Å². The van der Waals surface area contributed by atoms with Crippen LogP contribution in [0.5, 0.6) is 0 Å². The van der Waals surface area contributed by atoms with E-state index in [2.05, 4.69) is 5.32 Å². The Morgan fingerprint density at radius 2 is 2.05 bits per heavy atom. The Hall–Kier alpha value is -2.05. The molecule has 3 atom stereocenters. The van der Waals surface area contributed by atoms with Gasteiger partial charge in [0.15, 0.2) is 0 Å². The largest absolute Gasteiger partial charge is 0.481 e. The zero-order valence-corrected chi connectivity index (χ0v) is 10.4. The number of rotatable bonds is 3. The number of carboxylic acid groups (broad SMARTS) is 1. The van der Waals surface area contributed by atoms with Gasteiger partial charge in [-0.15, -0.1) is 0 Å². The first kappa shape index (κ1) is 13.4. The number of carbonyl (C=O) groups is 3. The van der Waals surface area contributed by atoms with Crippen molar-refractivity contribution in [1.29, 1.82) is 0 Å². The van der Waals surface area contributed by atoms with Gasteiger partial charge in [-0.05, 0) is 12.8 Å². The molecular weight excluding hydrogens is 250 g/mol. The average molecular weight is 267 g/mol. The fraction of sp³-hybridized carbons (Fsp3) is 0.583. The van der Waals surface area contributed by atoms with Gasteiger partial charge in [0, 0.05) is 13.1 Å². The molecule has 104 valence electrons. The highest BCUT2D eigenvalue weighted by Crippen LogP contribution is 2.20. The van der Waals surface area contributed by atoms with E-state index in [-0.39, 0.29) is 23.9 Å². The zero-order valence-electron chi connectivity index (χ0n) is 10.4. The number of nitrogens with two attached hydrogens (primary N) is 1. The highest BCUT2D eigenvalue weighted by Gasteiger charge is 2.31. The lowest BCUT2D eigenvalue weighted by Crippen LogP contribution is -2.43. The second-order valence-corrected chi connectivity index (χ2v) is 4.96. The van der Waals surface area contributed by atoms with Crippen LogP contribution in [-0.4, -0.2) is 47.0 Å². The number of carboxylic acids is 1. The van der Waals surface area contributed by atoms with Crippen molar-refractivity contribution in [2.24, 2.45) is 17.6 Å². The molecule has 0 aromatic carbocycles. The first-order chi connectivity index (χ1) is 8.97. The Balaban J connectivity index is 1.82. The Labute approximate surface area is 110 Å². The summed E-state index contributed by atoms with van der Waals surface area (Å²) in [6.45, 7) is 0.832. The van der Waals surface area contributed by atoms with E-state index in [1.807, 2.05) is 0 Å². The van der Waals surface area contributed by atoms with E-state index in [0.717, 1.165) is 0 Å². The fourth-order valence-electron chi connectivity index (χ4n) is 2.42. The second-order valence-electron chi connectivity index (χ2n) is 4.96. The van der Waals surface area contributed by atoms with Crippen molar-refractivity contribution in [2.75, 3.05) is 13.1 Å². The van der Waals surface area contributed by atoms with Gasteiger partial charge < -0.3 is 21.1 Å². The van der Waals surface area contributed by atoms with Crippen LogP contribution in [0.15, 0.2) is 12.2 Å². The number of carbonyl (C=O) groups excluding carboxylic acids is 2. The van der Waals surface area contributed by atoms with E-state index < -0.39 is 11.9 Å². The topological polar surface area (TPSA) is 113 Å². The summed E-state index contributed by atoms with van der Waals surface area (Å²) in [7, 11) is 0. The minimum Gasteiger partial charge on any atom is -0.481 e. The summed E-state index contributed by atoms with van der Waals surface area (Å²) in [5.74, 6) is -2.09. The molecule has 1 aliphatic heterocycles. The van der Waals surface area contributed by atoms with Crippen LogP contribution in [0.25, 0.3) is 0 Å². The highest BCUT2D eigenvalue weighted by atomic mass is 16.4. The maximum Gasteiger partial charge on any atom is 0.317 e. The molecule has 1 aliphatic carbocycles. The first-order valence-electron chi connectivity index (χ1n) is 6.23. The zero-order chi connectivity index (χ0) is 14.0. The SMILES string of the molecule is NC(=O)C1CCN(C(=O)NC2C=CC(C(=O)O)C2)C1. The molecule has 4 N–H and O–H groups in total. The van der Waals surface area contributed by atoms with E-state index in [9.17, 15) is 14.4 Å². The van der Waals surface area contributed by atoms with E-state index in [1.54, 1.807) is 12.2 Å². The van der Waals surface area contributed by atoms with Crippen LogP contribution in [0.4, 0.5) is 4.79 Å². The molecule has 1 heterocycles. The van der Waals surface area contributed by atoms with Crippen molar-refractivity contribution >= 4 is 17.9 Å². The number of hydrogen-bond acceptors (Lipinski definition) is 3. The lowest BCUT2D eigenvalue weighted by atomic mass is 10.1. The molecule has 7 nitrogen and oxygen atoms in total.